The lowest BCUT2D eigenvalue weighted by Gasteiger charge is -2.38. The molecule has 0 spiro atoms. The number of amides is 1. The van der Waals surface area contributed by atoms with E-state index >= 15 is 0 Å². The molecule has 1 aromatic carbocycles. The highest BCUT2D eigenvalue weighted by atomic mass is 32.2. The van der Waals surface area contributed by atoms with Gasteiger partial charge in [0.15, 0.2) is 9.84 Å². The first-order valence-electron chi connectivity index (χ1n) is 9.83. The summed E-state index contributed by atoms with van der Waals surface area (Å²) in [5.74, 6) is 0.360. The Hall–Kier alpha value is -1.56. The van der Waals surface area contributed by atoms with E-state index in [0.29, 0.717) is 6.42 Å². The lowest BCUT2D eigenvalue weighted by Crippen LogP contribution is -2.50. The van der Waals surface area contributed by atoms with Crippen LogP contribution in [0.3, 0.4) is 0 Å². The Kier molecular flexibility index (Phi) is 6.22. The van der Waals surface area contributed by atoms with Crippen LogP contribution in [0.4, 0.5) is 5.69 Å². The van der Waals surface area contributed by atoms with Crippen molar-refractivity contribution in [2.45, 2.75) is 64.0 Å². The molecule has 1 saturated heterocycles. The van der Waals surface area contributed by atoms with E-state index in [4.69, 9.17) is 0 Å². The van der Waals surface area contributed by atoms with Crippen LogP contribution in [0, 0.1) is 0 Å². The van der Waals surface area contributed by atoms with E-state index in [1.165, 1.54) is 12.0 Å². The largest absolute Gasteiger partial charge is 0.376 e. The molecule has 5 nitrogen and oxygen atoms in total. The molecule has 1 amide bonds. The van der Waals surface area contributed by atoms with E-state index in [1.54, 1.807) is 0 Å². The highest BCUT2D eigenvalue weighted by molar-refractivity contribution is 7.91. The normalized spacial score (nSPS) is 22.9. The minimum absolute atomic E-state index is 0.0265. The van der Waals surface area contributed by atoms with Crippen molar-refractivity contribution < 1.29 is 13.2 Å². The summed E-state index contributed by atoms with van der Waals surface area (Å²) in [6.45, 7) is 2.34. The molecule has 0 bridgehead atoms. The maximum atomic E-state index is 13.0. The molecule has 6 heteroatoms. The fourth-order valence-electron chi connectivity index (χ4n) is 4.19. The van der Waals surface area contributed by atoms with Crippen LogP contribution < -0.4 is 5.32 Å². The van der Waals surface area contributed by atoms with Gasteiger partial charge in [-0.2, -0.15) is 0 Å². The van der Waals surface area contributed by atoms with Crippen molar-refractivity contribution in [2.24, 2.45) is 0 Å². The lowest BCUT2D eigenvalue weighted by atomic mass is 9.93. The third kappa shape index (κ3) is 4.78. The van der Waals surface area contributed by atoms with Gasteiger partial charge in [0.2, 0.25) is 5.91 Å². The zero-order valence-electron chi connectivity index (χ0n) is 15.6. The Morgan fingerprint density at radius 1 is 1.08 bits per heavy atom. The van der Waals surface area contributed by atoms with Gasteiger partial charge in [-0.1, -0.05) is 38.3 Å². The number of sulfone groups is 1. The average molecular weight is 379 g/mol. The van der Waals surface area contributed by atoms with Gasteiger partial charge < -0.3 is 10.2 Å². The van der Waals surface area contributed by atoms with Crippen molar-refractivity contribution in [3.63, 3.8) is 0 Å². The number of carbonyl (C=O) groups is 1. The second-order valence-corrected chi connectivity index (χ2v) is 9.78. The van der Waals surface area contributed by atoms with Crippen LogP contribution in [0.5, 0.6) is 0 Å². The van der Waals surface area contributed by atoms with Crippen molar-refractivity contribution in [1.82, 2.24) is 4.90 Å². The molecule has 1 heterocycles. The molecule has 1 aromatic rings. The summed E-state index contributed by atoms with van der Waals surface area (Å²) < 4.78 is 23.9. The van der Waals surface area contributed by atoms with Gasteiger partial charge >= 0.3 is 0 Å². The topological polar surface area (TPSA) is 66.5 Å². The van der Waals surface area contributed by atoms with Gasteiger partial charge in [0.1, 0.15) is 0 Å². The molecule has 1 saturated carbocycles. The quantitative estimate of drug-likeness (QED) is 0.826. The smallest absolute Gasteiger partial charge is 0.242 e. The summed E-state index contributed by atoms with van der Waals surface area (Å²) in [6.07, 6.45) is 7.02. The Morgan fingerprint density at radius 2 is 1.77 bits per heavy atom. The van der Waals surface area contributed by atoms with Crippen LogP contribution in [-0.2, 0) is 21.1 Å². The Balaban J connectivity index is 1.67. The van der Waals surface area contributed by atoms with Crippen LogP contribution in [0.15, 0.2) is 24.3 Å². The summed E-state index contributed by atoms with van der Waals surface area (Å²) in [5.41, 5.74) is 2.19. The molecule has 144 valence electrons. The molecule has 26 heavy (non-hydrogen) atoms. The van der Waals surface area contributed by atoms with E-state index in [0.717, 1.165) is 37.8 Å². The van der Waals surface area contributed by atoms with Gasteiger partial charge in [-0.15, -0.1) is 0 Å². The van der Waals surface area contributed by atoms with Crippen LogP contribution in [0.2, 0.25) is 0 Å². The number of hydrogen-bond acceptors (Lipinski definition) is 4. The lowest BCUT2D eigenvalue weighted by molar-refractivity contribution is -0.134. The van der Waals surface area contributed by atoms with Crippen LogP contribution in [0.25, 0.3) is 0 Å². The monoisotopic (exact) mass is 378 g/mol. The zero-order valence-corrected chi connectivity index (χ0v) is 16.4. The standard InChI is InChI=1S/C20H30N2O3S/c1-2-16-8-10-17(11-9-16)21-14-20(23)22(18-6-4-3-5-7-18)19-12-13-26(24,25)15-19/h8-11,18-19,21H,2-7,12-15H2,1H3. The van der Waals surface area contributed by atoms with E-state index in [9.17, 15) is 13.2 Å². The zero-order chi connectivity index (χ0) is 18.6. The molecular weight excluding hydrogens is 348 g/mol. The third-order valence-electron chi connectivity index (χ3n) is 5.66. The number of anilines is 1. The third-order valence-corrected chi connectivity index (χ3v) is 7.41. The van der Waals surface area contributed by atoms with E-state index in [1.807, 2.05) is 17.0 Å². The van der Waals surface area contributed by atoms with Crippen molar-refractivity contribution >= 4 is 21.4 Å². The molecule has 2 fully saturated rings. The SMILES string of the molecule is CCc1ccc(NCC(=O)N(C2CCCCC2)C2CCS(=O)(=O)C2)cc1. The van der Waals surface area contributed by atoms with E-state index < -0.39 is 9.84 Å². The first-order valence-corrected chi connectivity index (χ1v) is 11.6. The molecule has 0 radical (unpaired) electrons. The van der Waals surface area contributed by atoms with Crippen LogP contribution in [0.1, 0.15) is 51.0 Å². The second-order valence-electron chi connectivity index (χ2n) is 7.55. The van der Waals surface area contributed by atoms with E-state index in [2.05, 4.69) is 24.4 Å². The molecule has 3 rings (SSSR count). The molecule has 1 unspecified atom stereocenters. The highest BCUT2D eigenvalue weighted by Gasteiger charge is 2.38. The first-order chi connectivity index (χ1) is 12.5. The summed E-state index contributed by atoms with van der Waals surface area (Å²) in [5, 5.41) is 3.22. The van der Waals surface area contributed by atoms with Gasteiger partial charge in [0, 0.05) is 17.8 Å². The number of rotatable bonds is 6. The minimum Gasteiger partial charge on any atom is -0.376 e. The average Bonchev–Trinajstić information content (AvgIpc) is 3.01. The summed E-state index contributed by atoms with van der Waals surface area (Å²) in [4.78, 5) is 14.9. The number of carbonyl (C=O) groups excluding carboxylic acids is 1. The van der Waals surface area contributed by atoms with Crippen molar-refractivity contribution in [3.8, 4) is 0 Å². The first kappa shape index (κ1) is 19.2. The van der Waals surface area contributed by atoms with Gasteiger partial charge in [-0.3, -0.25) is 4.79 Å². The van der Waals surface area contributed by atoms with Gasteiger partial charge in [-0.05, 0) is 43.4 Å². The molecule has 1 atom stereocenters. The fraction of sp³-hybridized carbons (Fsp3) is 0.650. The summed E-state index contributed by atoms with van der Waals surface area (Å²) >= 11 is 0. The van der Waals surface area contributed by atoms with E-state index in [-0.39, 0.29) is 36.0 Å². The fourth-order valence-corrected chi connectivity index (χ4v) is 5.90. The Labute approximate surface area is 157 Å². The van der Waals surface area contributed by atoms with Gasteiger partial charge in [0.25, 0.3) is 0 Å². The van der Waals surface area contributed by atoms with Crippen LogP contribution >= 0.6 is 0 Å². The molecule has 1 aliphatic carbocycles. The van der Waals surface area contributed by atoms with Crippen molar-refractivity contribution in [2.75, 3.05) is 23.4 Å². The van der Waals surface area contributed by atoms with Gasteiger partial charge in [0.05, 0.1) is 18.1 Å². The predicted octanol–water partition coefficient (Wildman–Crippen LogP) is 3.01. The van der Waals surface area contributed by atoms with Crippen molar-refractivity contribution in [1.29, 1.82) is 0 Å². The summed E-state index contributed by atoms with van der Waals surface area (Å²) in [6, 6.07) is 8.16. The predicted molar refractivity (Wildman–Crippen MR) is 105 cm³/mol. The van der Waals surface area contributed by atoms with Gasteiger partial charge in [-0.25, -0.2) is 8.42 Å². The number of benzene rings is 1. The maximum absolute atomic E-state index is 13.0. The highest BCUT2D eigenvalue weighted by Crippen LogP contribution is 2.28. The molecule has 1 aliphatic heterocycles. The van der Waals surface area contributed by atoms with Crippen LogP contribution in [-0.4, -0.2) is 49.4 Å². The number of nitrogens with one attached hydrogen (secondary N) is 1. The van der Waals surface area contributed by atoms with Crippen molar-refractivity contribution in [3.05, 3.63) is 29.8 Å². The summed E-state index contributed by atoms with van der Waals surface area (Å²) in [7, 11) is -3.00. The number of hydrogen-bond donors (Lipinski definition) is 1. The molecule has 2 aliphatic rings. The second kappa shape index (κ2) is 8.42. The Morgan fingerprint density at radius 3 is 2.35 bits per heavy atom. The minimum atomic E-state index is -3.00. The number of nitrogens with zero attached hydrogens (tertiary/aromatic N) is 1. The Bertz CT molecular complexity index is 709. The molecular formula is C20H30N2O3S. The molecule has 0 aromatic heterocycles. The maximum Gasteiger partial charge on any atom is 0.242 e. The number of aryl methyl sites for hydroxylation is 1. The molecule has 1 N–H and O–H groups in total.